The van der Waals surface area contributed by atoms with E-state index in [0.29, 0.717) is 17.6 Å². The van der Waals surface area contributed by atoms with Crippen LogP contribution >= 0.6 is 0 Å². The van der Waals surface area contributed by atoms with Crippen LogP contribution in [0.2, 0.25) is 0 Å². The molecular weight excluding hydrogens is 290 g/mol. The van der Waals surface area contributed by atoms with Gasteiger partial charge in [-0.15, -0.1) is 4.98 Å². The number of hydrogen-bond acceptors (Lipinski definition) is 5. The van der Waals surface area contributed by atoms with Crippen LogP contribution in [0.15, 0.2) is 17.4 Å². The van der Waals surface area contributed by atoms with Crippen molar-refractivity contribution in [3.8, 4) is 11.6 Å². The van der Waals surface area contributed by atoms with E-state index in [4.69, 9.17) is 9.47 Å². The molecule has 114 valence electrons. The predicted molar refractivity (Wildman–Crippen MR) is 80.1 cm³/mol. The minimum atomic E-state index is -1.31. The second-order valence-corrected chi connectivity index (χ2v) is 5.87. The number of rotatable bonds is 6. The number of nitrogens with one attached hydrogen (secondary N) is 1. The van der Waals surface area contributed by atoms with Gasteiger partial charge < -0.3 is 19.0 Å². The van der Waals surface area contributed by atoms with E-state index in [-0.39, 0.29) is 5.75 Å². The van der Waals surface area contributed by atoms with Gasteiger partial charge in [0.15, 0.2) is 5.75 Å². The van der Waals surface area contributed by atoms with Crippen LogP contribution in [-0.4, -0.2) is 33.2 Å². The summed E-state index contributed by atoms with van der Waals surface area (Å²) in [5.41, 5.74) is 2.48. The quantitative estimate of drug-likeness (QED) is 0.827. The van der Waals surface area contributed by atoms with E-state index in [9.17, 15) is 4.55 Å². The van der Waals surface area contributed by atoms with Gasteiger partial charge >= 0.3 is 5.16 Å². The average molecular weight is 309 g/mol. The van der Waals surface area contributed by atoms with Crippen molar-refractivity contribution in [1.29, 1.82) is 0 Å². The highest BCUT2D eigenvalue weighted by atomic mass is 32.2. The van der Waals surface area contributed by atoms with Crippen LogP contribution in [0.1, 0.15) is 23.9 Å². The Labute approximate surface area is 127 Å². The third kappa shape index (κ3) is 3.68. The first-order valence-electron chi connectivity index (χ1n) is 6.62. The van der Waals surface area contributed by atoms with Crippen LogP contribution in [0.5, 0.6) is 11.6 Å². The van der Waals surface area contributed by atoms with E-state index in [1.165, 1.54) is 0 Å². The third-order valence-electron chi connectivity index (χ3n) is 2.98. The highest BCUT2D eigenvalue weighted by Crippen LogP contribution is 2.24. The molecule has 21 heavy (non-hydrogen) atoms. The molecule has 2 aromatic rings. The van der Waals surface area contributed by atoms with Crippen LogP contribution in [0.4, 0.5) is 0 Å². The first-order valence-corrected chi connectivity index (χ1v) is 7.94. The summed E-state index contributed by atoms with van der Waals surface area (Å²) in [4.78, 5) is 11.5. The maximum Gasteiger partial charge on any atom is 0.324 e. The summed E-state index contributed by atoms with van der Waals surface area (Å²) in [6, 6.07) is 1.86. The Morgan fingerprint density at radius 1 is 1.33 bits per heavy atom. The molecule has 2 rings (SSSR count). The van der Waals surface area contributed by atoms with Crippen LogP contribution in [0.3, 0.4) is 0 Å². The number of aromatic amines is 1. The SMILES string of the molecule is CCOc1c[nH]c([S+]([O-])Cc2nc(C)cc(OC)c2C)n1. The number of aromatic nitrogens is 3. The summed E-state index contributed by atoms with van der Waals surface area (Å²) in [6.07, 6.45) is 1.61. The first kappa shape index (κ1) is 15.7. The van der Waals surface area contributed by atoms with Crippen LogP contribution in [0, 0.1) is 13.8 Å². The molecule has 2 aromatic heterocycles. The Balaban J connectivity index is 2.18. The zero-order valence-corrected chi connectivity index (χ0v) is 13.4. The average Bonchev–Trinajstić information content (AvgIpc) is 2.91. The lowest BCUT2D eigenvalue weighted by Gasteiger charge is -2.12. The summed E-state index contributed by atoms with van der Waals surface area (Å²) in [5, 5.41) is 0.389. The molecule has 0 radical (unpaired) electrons. The lowest BCUT2D eigenvalue weighted by Crippen LogP contribution is -2.11. The van der Waals surface area contributed by atoms with Crippen molar-refractivity contribution in [3.05, 3.63) is 29.2 Å². The normalized spacial score (nSPS) is 12.2. The van der Waals surface area contributed by atoms with Gasteiger partial charge in [-0.25, -0.2) is 0 Å². The second-order valence-electron chi connectivity index (χ2n) is 4.50. The summed E-state index contributed by atoms with van der Waals surface area (Å²) in [5.74, 6) is 1.49. The van der Waals surface area contributed by atoms with Crippen molar-refractivity contribution in [1.82, 2.24) is 15.0 Å². The Hall–Kier alpha value is -1.73. The van der Waals surface area contributed by atoms with Gasteiger partial charge in [-0.2, -0.15) is 0 Å². The molecule has 2 heterocycles. The summed E-state index contributed by atoms with van der Waals surface area (Å²) in [7, 11) is 1.61. The summed E-state index contributed by atoms with van der Waals surface area (Å²) < 4.78 is 22.9. The van der Waals surface area contributed by atoms with E-state index in [0.717, 1.165) is 22.7 Å². The van der Waals surface area contributed by atoms with Gasteiger partial charge in [-0.1, -0.05) is 0 Å². The summed E-state index contributed by atoms with van der Waals surface area (Å²) >= 11 is -1.31. The minimum Gasteiger partial charge on any atom is -0.609 e. The highest BCUT2D eigenvalue weighted by molar-refractivity contribution is 7.90. The van der Waals surface area contributed by atoms with Crippen molar-refractivity contribution in [2.45, 2.75) is 31.7 Å². The molecule has 0 amide bonds. The fraction of sp³-hybridized carbons (Fsp3) is 0.429. The van der Waals surface area contributed by atoms with Gasteiger partial charge in [0.1, 0.15) is 5.75 Å². The Morgan fingerprint density at radius 2 is 2.10 bits per heavy atom. The van der Waals surface area contributed by atoms with E-state index < -0.39 is 11.2 Å². The van der Waals surface area contributed by atoms with Gasteiger partial charge in [-0.3, -0.25) is 4.98 Å². The molecule has 0 aliphatic rings. The van der Waals surface area contributed by atoms with E-state index in [2.05, 4.69) is 15.0 Å². The molecular formula is C14H19N3O3S. The number of nitrogens with zero attached hydrogens (tertiary/aromatic N) is 2. The van der Waals surface area contributed by atoms with Gasteiger partial charge in [0.2, 0.25) is 5.88 Å². The highest BCUT2D eigenvalue weighted by Gasteiger charge is 2.20. The lowest BCUT2D eigenvalue weighted by atomic mass is 10.2. The standard InChI is InChI=1S/C14H19N3O3S/c1-5-20-13-7-15-14(17-13)21(18)8-11-10(3)12(19-4)6-9(2)16-11/h6-7H,5,8H2,1-4H3,(H,15,17). The minimum absolute atomic E-state index is 0.281. The molecule has 0 aromatic carbocycles. The molecule has 6 nitrogen and oxygen atoms in total. The molecule has 1 atom stereocenters. The largest absolute Gasteiger partial charge is 0.609 e. The molecule has 0 saturated carbocycles. The monoisotopic (exact) mass is 309 g/mol. The molecule has 0 spiro atoms. The number of methoxy groups -OCH3 is 1. The molecule has 1 N–H and O–H groups in total. The molecule has 0 bridgehead atoms. The van der Waals surface area contributed by atoms with E-state index in [1.54, 1.807) is 13.3 Å². The maximum absolute atomic E-state index is 12.4. The number of pyridine rings is 1. The smallest absolute Gasteiger partial charge is 0.324 e. The maximum atomic E-state index is 12.4. The van der Waals surface area contributed by atoms with E-state index >= 15 is 0 Å². The fourth-order valence-corrected chi connectivity index (χ4v) is 2.99. The molecule has 0 aliphatic heterocycles. The first-order chi connectivity index (χ1) is 10.0. The third-order valence-corrected chi connectivity index (χ3v) is 4.16. The van der Waals surface area contributed by atoms with Crippen LogP contribution in [-0.2, 0) is 16.9 Å². The lowest BCUT2D eigenvalue weighted by molar-refractivity contribution is 0.327. The topological polar surface area (TPSA) is 83.1 Å². The van der Waals surface area contributed by atoms with Crippen LogP contribution in [0.25, 0.3) is 0 Å². The zero-order valence-electron chi connectivity index (χ0n) is 12.6. The predicted octanol–water partition coefficient (Wildman–Crippen LogP) is 2.14. The molecule has 0 saturated heterocycles. The number of hydrogen-bond donors (Lipinski definition) is 1. The van der Waals surface area contributed by atoms with Crippen molar-refractivity contribution in [2.75, 3.05) is 13.7 Å². The molecule has 7 heteroatoms. The van der Waals surface area contributed by atoms with Crippen molar-refractivity contribution in [2.24, 2.45) is 0 Å². The Kier molecular flexibility index (Phi) is 5.08. The second kappa shape index (κ2) is 6.82. The number of H-pyrrole nitrogens is 1. The number of ether oxygens (including phenoxy) is 2. The van der Waals surface area contributed by atoms with Crippen molar-refractivity contribution >= 4 is 11.2 Å². The summed E-state index contributed by atoms with van der Waals surface area (Å²) in [6.45, 7) is 6.18. The molecule has 0 aliphatic carbocycles. The number of aryl methyl sites for hydroxylation is 1. The Bertz CT molecular complexity index is 616. The number of imidazole rings is 1. The van der Waals surface area contributed by atoms with E-state index in [1.807, 2.05) is 26.8 Å². The van der Waals surface area contributed by atoms with Gasteiger partial charge in [0, 0.05) is 28.5 Å². The Morgan fingerprint density at radius 3 is 2.76 bits per heavy atom. The van der Waals surface area contributed by atoms with Crippen molar-refractivity contribution in [3.63, 3.8) is 0 Å². The van der Waals surface area contributed by atoms with Gasteiger partial charge in [0.25, 0.3) is 0 Å². The fourth-order valence-electron chi connectivity index (χ4n) is 1.94. The van der Waals surface area contributed by atoms with Crippen LogP contribution < -0.4 is 9.47 Å². The van der Waals surface area contributed by atoms with Gasteiger partial charge in [-0.05, 0) is 20.8 Å². The van der Waals surface area contributed by atoms with Crippen molar-refractivity contribution < 1.29 is 14.0 Å². The molecule has 1 unspecified atom stereocenters. The zero-order chi connectivity index (χ0) is 15.4. The van der Waals surface area contributed by atoms with Gasteiger partial charge in [0.05, 0.1) is 25.6 Å². The molecule has 0 fully saturated rings.